The number of thiocarbonyl (C=S) groups is 2. The van der Waals surface area contributed by atoms with Crippen molar-refractivity contribution in [2.24, 2.45) is 9.98 Å². The van der Waals surface area contributed by atoms with E-state index in [-0.39, 0.29) is 0 Å². The Bertz CT molecular complexity index is 461. The van der Waals surface area contributed by atoms with Gasteiger partial charge in [-0.25, -0.2) is 9.98 Å². The van der Waals surface area contributed by atoms with Crippen LogP contribution in [0.4, 0.5) is 0 Å². The molecule has 0 N–H and O–H groups in total. The molecule has 0 saturated carbocycles. The van der Waals surface area contributed by atoms with E-state index in [0.29, 0.717) is 13.1 Å². The molecule has 0 atom stereocenters. The molecule has 0 amide bonds. The number of hydrogen-bond donors (Lipinski definition) is 0. The van der Waals surface area contributed by atoms with Gasteiger partial charge in [-0.05, 0) is 36.1 Å². The molecule has 16 heavy (non-hydrogen) atoms. The summed E-state index contributed by atoms with van der Waals surface area (Å²) in [5, 5.41) is 4.67. The molecule has 0 saturated heterocycles. The van der Waals surface area contributed by atoms with E-state index in [1.54, 1.807) is 7.11 Å². The molecule has 0 fully saturated rings. The zero-order valence-corrected chi connectivity index (χ0v) is 10.4. The molecule has 1 aromatic carbocycles. The molecule has 3 nitrogen and oxygen atoms in total. The van der Waals surface area contributed by atoms with Gasteiger partial charge in [-0.3, -0.25) is 0 Å². The molecule has 0 spiro atoms. The molecule has 5 heteroatoms. The van der Waals surface area contributed by atoms with Crippen molar-refractivity contribution in [2.75, 3.05) is 7.11 Å². The summed E-state index contributed by atoms with van der Waals surface area (Å²) in [6, 6.07) is 5.73. The minimum Gasteiger partial charge on any atom is -0.496 e. The van der Waals surface area contributed by atoms with Crippen molar-refractivity contribution in [3.05, 3.63) is 29.3 Å². The molecular formula is C11H10N2OS2. The Hall–Kier alpha value is -1.38. The number of nitrogens with zero attached hydrogens (tertiary/aromatic N) is 2. The van der Waals surface area contributed by atoms with Crippen LogP contribution < -0.4 is 4.74 Å². The van der Waals surface area contributed by atoms with Crippen molar-refractivity contribution in [3.63, 3.8) is 0 Å². The highest BCUT2D eigenvalue weighted by Crippen LogP contribution is 2.23. The Morgan fingerprint density at radius 2 is 1.88 bits per heavy atom. The molecule has 0 aromatic heterocycles. The minimum absolute atomic E-state index is 0.440. The molecular weight excluding hydrogens is 240 g/mol. The Morgan fingerprint density at radius 3 is 2.50 bits per heavy atom. The smallest absolute Gasteiger partial charge is 0.124 e. The van der Waals surface area contributed by atoms with Crippen LogP contribution in [0.2, 0.25) is 0 Å². The van der Waals surface area contributed by atoms with Gasteiger partial charge in [-0.1, -0.05) is 12.1 Å². The lowest BCUT2D eigenvalue weighted by molar-refractivity contribution is 0.409. The fraction of sp³-hybridized carbons (Fsp3) is 0.273. The first-order chi connectivity index (χ1) is 7.83. The van der Waals surface area contributed by atoms with Crippen LogP contribution in [-0.4, -0.2) is 17.4 Å². The van der Waals surface area contributed by atoms with Gasteiger partial charge in [0, 0.05) is 5.56 Å². The van der Waals surface area contributed by atoms with Gasteiger partial charge in [0.25, 0.3) is 0 Å². The van der Waals surface area contributed by atoms with Crippen LogP contribution in [0.15, 0.2) is 28.2 Å². The molecule has 0 radical (unpaired) electrons. The standard InChI is InChI=1S/C11H10N2OS2/c1-14-11-4-2-3-9(5-12-7-15)10(11)6-13-8-16/h2-4H,5-6H2,1H3. The van der Waals surface area contributed by atoms with E-state index in [1.165, 1.54) is 0 Å². The molecule has 1 rings (SSSR count). The van der Waals surface area contributed by atoms with Crippen LogP contribution in [0.1, 0.15) is 11.1 Å². The normalized spacial score (nSPS) is 8.81. The van der Waals surface area contributed by atoms with Crippen LogP contribution in [-0.2, 0) is 13.1 Å². The third-order valence-electron chi connectivity index (χ3n) is 2.07. The highest BCUT2D eigenvalue weighted by Gasteiger charge is 2.07. The SMILES string of the molecule is COc1cccc(CN=C=S)c1CN=C=S. The first kappa shape index (κ1) is 12.7. The summed E-state index contributed by atoms with van der Waals surface area (Å²) in [4.78, 5) is 7.82. The van der Waals surface area contributed by atoms with Crippen LogP contribution >= 0.6 is 24.4 Å². The van der Waals surface area contributed by atoms with Gasteiger partial charge in [0.2, 0.25) is 0 Å². The van der Waals surface area contributed by atoms with Crippen molar-refractivity contribution in [1.29, 1.82) is 0 Å². The lowest BCUT2D eigenvalue weighted by Crippen LogP contribution is -1.96. The minimum atomic E-state index is 0.440. The highest BCUT2D eigenvalue weighted by atomic mass is 32.1. The second kappa shape index (κ2) is 6.99. The molecule has 1 aromatic rings. The maximum Gasteiger partial charge on any atom is 0.124 e. The second-order valence-electron chi connectivity index (χ2n) is 2.91. The predicted octanol–water partition coefficient (Wildman–Crippen LogP) is 2.90. The quantitative estimate of drug-likeness (QED) is 0.595. The highest BCUT2D eigenvalue weighted by molar-refractivity contribution is 7.78. The van der Waals surface area contributed by atoms with E-state index >= 15 is 0 Å². The number of ether oxygens (including phenoxy) is 1. The third-order valence-corrected chi connectivity index (χ3v) is 2.32. The van der Waals surface area contributed by atoms with Gasteiger partial charge in [-0.15, -0.1) is 0 Å². The molecule has 82 valence electrons. The van der Waals surface area contributed by atoms with Gasteiger partial charge >= 0.3 is 0 Å². The Labute approximate surface area is 105 Å². The molecule has 0 unspecified atom stereocenters. The van der Waals surface area contributed by atoms with Crippen molar-refractivity contribution in [3.8, 4) is 5.75 Å². The Balaban J connectivity index is 3.13. The van der Waals surface area contributed by atoms with E-state index in [2.05, 4.69) is 44.7 Å². The molecule has 0 bridgehead atoms. The molecule has 0 heterocycles. The topological polar surface area (TPSA) is 34.0 Å². The fourth-order valence-corrected chi connectivity index (χ4v) is 1.49. The van der Waals surface area contributed by atoms with Gasteiger partial charge in [0.15, 0.2) is 0 Å². The average Bonchev–Trinajstić information content (AvgIpc) is 2.33. The fourth-order valence-electron chi connectivity index (χ4n) is 1.36. The van der Waals surface area contributed by atoms with Gasteiger partial charge in [0.05, 0.1) is 30.5 Å². The van der Waals surface area contributed by atoms with Gasteiger partial charge in [-0.2, -0.15) is 0 Å². The van der Waals surface area contributed by atoms with Crippen molar-refractivity contribution < 1.29 is 4.74 Å². The van der Waals surface area contributed by atoms with E-state index in [0.717, 1.165) is 16.9 Å². The van der Waals surface area contributed by atoms with E-state index in [1.807, 2.05) is 18.2 Å². The zero-order chi connectivity index (χ0) is 11.8. The number of hydrogen-bond acceptors (Lipinski definition) is 5. The lowest BCUT2D eigenvalue weighted by Gasteiger charge is -2.09. The lowest BCUT2D eigenvalue weighted by atomic mass is 10.1. The number of aliphatic imine (C=N–C) groups is 2. The number of methoxy groups -OCH3 is 1. The van der Waals surface area contributed by atoms with E-state index < -0.39 is 0 Å². The van der Waals surface area contributed by atoms with Crippen LogP contribution in [0, 0.1) is 0 Å². The summed E-state index contributed by atoms with van der Waals surface area (Å²) in [7, 11) is 1.62. The van der Waals surface area contributed by atoms with Gasteiger partial charge < -0.3 is 4.74 Å². The second-order valence-corrected chi connectivity index (χ2v) is 3.28. The third kappa shape index (κ3) is 3.33. The van der Waals surface area contributed by atoms with Crippen molar-refractivity contribution in [2.45, 2.75) is 13.1 Å². The number of rotatable bonds is 5. The van der Waals surface area contributed by atoms with E-state index in [4.69, 9.17) is 4.74 Å². The van der Waals surface area contributed by atoms with Crippen molar-refractivity contribution >= 4 is 34.8 Å². The molecule has 0 aliphatic rings. The summed E-state index contributed by atoms with van der Waals surface area (Å²) in [6.45, 7) is 0.915. The summed E-state index contributed by atoms with van der Waals surface area (Å²) < 4.78 is 5.25. The maximum absolute atomic E-state index is 5.25. The number of isothiocyanates is 2. The molecule has 0 aliphatic heterocycles. The Kier molecular flexibility index (Phi) is 5.54. The largest absolute Gasteiger partial charge is 0.496 e. The Morgan fingerprint density at radius 1 is 1.19 bits per heavy atom. The predicted molar refractivity (Wildman–Crippen MR) is 70.5 cm³/mol. The number of benzene rings is 1. The van der Waals surface area contributed by atoms with Crippen molar-refractivity contribution in [1.82, 2.24) is 0 Å². The first-order valence-electron chi connectivity index (χ1n) is 4.55. The summed E-state index contributed by atoms with van der Waals surface area (Å²) >= 11 is 9.09. The van der Waals surface area contributed by atoms with Gasteiger partial charge in [0.1, 0.15) is 5.75 Å². The average molecular weight is 250 g/mol. The van der Waals surface area contributed by atoms with E-state index in [9.17, 15) is 0 Å². The summed E-state index contributed by atoms with van der Waals surface area (Å²) in [6.07, 6.45) is 0. The van der Waals surface area contributed by atoms with Crippen LogP contribution in [0.25, 0.3) is 0 Å². The maximum atomic E-state index is 5.25. The molecule has 0 aliphatic carbocycles. The monoisotopic (exact) mass is 250 g/mol. The van der Waals surface area contributed by atoms with Crippen LogP contribution in [0.3, 0.4) is 0 Å². The summed E-state index contributed by atoms with van der Waals surface area (Å²) in [5.41, 5.74) is 1.96. The first-order valence-corrected chi connectivity index (χ1v) is 5.37. The van der Waals surface area contributed by atoms with Crippen LogP contribution in [0.5, 0.6) is 5.75 Å². The summed E-state index contributed by atoms with van der Waals surface area (Å²) in [5.74, 6) is 0.770. The zero-order valence-electron chi connectivity index (χ0n) is 8.77.